The quantitative estimate of drug-likeness (QED) is 0.618. The number of hydrogen-bond acceptors (Lipinski definition) is 5. The van der Waals surface area contributed by atoms with Crippen LogP contribution in [-0.4, -0.2) is 40.6 Å². The van der Waals surface area contributed by atoms with E-state index in [1.54, 1.807) is 14.0 Å². The monoisotopic (exact) mass is 260 g/mol. The van der Waals surface area contributed by atoms with Gasteiger partial charge in [-0.25, -0.2) is 4.68 Å². The number of nitrogens with zero attached hydrogens (tertiary/aromatic N) is 2. The van der Waals surface area contributed by atoms with Crippen molar-refractivity contribution in [1.29, 1.82) is 0 Å². The molecule has 1 aromatic rings. The first-order valence-electron chi connectivity index (χ1n) is 5.37. The zero-order valence-corrected chi connectivity index (χ0v) is 10.7. The van der Waals surface area contributed by atoms with Gasteiger partial charge in [-0.05, 0) is 6.92 Å². The van der Waals surface area contributed by atoms with Gasteiger partial charge in [-0.15, -0.1) is 0 Å². The van der Waals surface area contributed by atoms with Crippen molar-refractivity contribution in [3.8, 4) is 0 Å². The lowest BCUT2D eigenvalue weighted by molar-refractivity contribution is 0.192. The summed E-state index contributed by atoms with van der Waals surface area (Å²) in [7, 11) is 1.54. The minimum Gasteiger partial charge on any atom is -0.392 e. The molecule has 0 aliphatic carbocycles. The van der Waals surface area contributed by atoms with E-state index < -0.39 is 0 Å². The summed E-state index contributed by atoms with van der Waals surface area (Å²) in [6.07, 6.45) is 1.14. The van der Waals surface area contributed by atoms with E-state index >= 15 is 0 Å². The van der Waals surface area contributed by atoms with Crippen molar-refractivity contribution in [2.24, 2.45) is 7.05 Å². The maximum absolute atomic E-state index is 11.4. The maximum atomic E-state index is 11.4. The molecule has 0 spiro atoms. The molecular formula is C10H17ClN4O2. The number of anilines is 1. The van der Waals surface area contributed by atoms with E-state index in [4.69, 9.17) is 16.7 Å². The third-order valence-electron chi connectivity index (χ3n) is 2.14. The third-order valence-corrected chi connectivity index (χ3v) is 2.50. The van der Waals surface area contributed by atoms with E-state index in [0.29, 0.717) is 25.3 Å². The second kappa shape index (κ2) is 6.58. The highest BCUT2D eigenvalue weighted by atomic mass is 35.5. The van der Waals surface area contributed by atoms with Crippen LogP contribution in [0.5, 0.6) is 0 Å². The van der Waals surface area contributed by atoms with Crippen molar-refractivity contribution in [1.82, 2.24) is 15.1 Å². The van der Waals surface area contributed by atoms with Gasteiger partial charge in [0.25, 0.3) is 5.56 Å². The van der Waals surface area contributed by atoms with Crippen molar-refractivity contribution >= 4 is 17.3 Å². The number of aryl methyl sites for hydroxylation is 1. The van der Waals surface area contributed by atoms with Crippen molar-refractivity contribution in [3.63, 3.8) is 0 Å². The molecule has 1 heterocycles. The summed E-state index contributed by atoms with van der Waals surface area (Å²) >= 11 is 5.87. The Balaban J connectivity index is 2.42. The molecule has 3 N–H and O–H groups in total. The van der Waals surface area contributed by atoms with Gasteiger partial charge >= 0.3 is 0 Å². The van der Waals surface area contributed by atoms with Gasteiger partial charge in [0.1, 0.15) is 5.02 Å². The molecule has 0 saturated carbocycles. The lowest BCUT2D eigenvalue weighted by Gasteiger charge is -2.10. The molecule has 1 rings (SSSR count). The summed E-state index contributed by atoms with van der Waals surface area (Å²) in [4.78, 5) is 11.4. The van der Waals surface area contributed by atoms with Crippen molar-refractivity contribution in [2.75, 3.05) is 25.0 Å². The minimum atomic E-state index is -0.371. The molecule has 1 aromatic heterocycles. The molecule has 0 bridgehead atoms. The molecule has 0 saturated heterocycles. The van der Waals surface area contributed by atoms with Gasteiger partial charge in [0.2, 0.25) is 0 Å². The molecular weight excluding hydrogens is 244 g/mol. The van der Waals surface area contributed by atoms with Crippen LogP contribution in [0.1, 0.15) is 6.92 Å². The summed E-state index contributed by atoms with van der Waals surface area (Å²) in [5, 5.41) is 19.1. The van der Waals surface area contributed by atoms with Crippen LogP contribution in [0.4, 0.5) is 5.69 Å². The van der Waals surface area contributed by atoms with Crippen LogP contribution in [-0.2, 0) is 7.05 Å². The van der Waals surface area contributed by atoms with Crippen LogP contribution in [0.15, 0.2) is 11.0 Å². The number of rotatable bonds is 6. The normalized spacial score (nSPS) is 12.5. The van der Waals surface area contributed by atoms with Gasteiger partial charge < -0.3 is 15.7 Å². The predicted octanol–water partition coefficient (Wildman–Crippen LogP) is -0.184. The molecule has 1 atom stereocenters. The second-order valence-corrected chi connectivity index (χ2v) is 4.16. The Morgan fingerprint density at radius 2 is 2.29 bits per heavy atom. The number of aliphatic hydroxyl groups excluding tert-OH is 1. The Morgan fingerprint density at radius 3 is 2.94 bits per heavy atom. The highest BCUT2D eigenvalue weighted by Gasteiger charge is 2.06. The maximum Gasteiger partial charge on any atom is 0.287 e. The molecule has 0 amide bonds. The highest BCUT2D eigenvalue weighted by molar-refractivity contribution is 6.32. The fourth-order valence-electron chi connectivity index (χ4n) is 1.23. The van der Waals surface area contributed by atoms with E-state index in [-0.39, 0.29) is 16.7 Å². The number of halogens is 1. The van der Waals surface area contributed by atoms with Gasteiger partial charge in [-0.2, -0.15) is 5.10 Å². The molecule has 0 aliphatic heterocycles. The molecule has 7 heteroatoms. The Hall–Kier alpha value is -1.11. The van der Waals surface area contributed by atoms with E-state index in [1.165, 1.54) is 10.9 Å². The van der Waals surface area contributed by atoms with Gasteiger partial charge in [0.05, 0.1) is 18.0 Å². The van der Waals surface area contributed by atoms with Crippen LogP contribution in [0.2, 0.25) is 5.02 Å². The molecule has 0 radical (unpaired) electrons. The Morgan fingerprint density at radius 1 is 1.59 bits per heavy atom. The van der Waals surface area contributed by atoms with E-state index in [1.807, 2.05) is 0 Å². The molecule has 96 valence electrons. The van der Waals surface area contributed by atoms with Crippen LogP contribution < -0.4 is 16.2 Å². The first kappa shape index (κ1) is 14.0. The first-order chi connectivity index (χ1) is 8.02. The Bertz CT molecular complexity index is 419. The summed E-state index contributed by atoms with van der Waals surface area (Å²) in [5.41, 5.74) is 0.196. The Kier molecular flexibility index (Phi) is 5.40. The fourth-order valence-corrected chi connectivity index (χ4v) is 1.47. The fraction of sp³-hybridized carbons (Fsp3) is 0.600. The summed E-state index contributed by atoms with van der Waals surface area (Å²) in [5.74, 6) is 0. The van der Waals surface area contributed by atoms with Gasteiger partial charge in [0, 0.05) is 26.7 Å². The zero-order valence-electron chi connectivity index (χ0n) is 9.90. The molecule has 0 aromatic carbocycles. The smallest absolute Gasteiger partial charge is 0.287 e. The minimum absolute atomic E-state index is 0.137. The Labute approximate surface area is 105 Å². The van der Waals surface area contributed by atoms with E-state index in [2.05, 4.69) is 15.7 Å². The highest BCUT2D eigenvalue weighted by Crippen LogP contribution is 2.13. The van der Waals surface area contributed by atoms with Crippen LogP contribution in [0.25, 0.3) is 0 Å². The lowest BCUT2D eigenvalue weighted by atomic mass is 10.4. The number of aromatic nitrogens is 2. The number of nitrogens with one attached hydrogen (secondary N) is 2. The summed E-state index contributed by atoms with van der Waals surface area (Å²) in [6.45, 7) is 3.50. The average Bonchev–Trinajstić information content (AvgIpc) is 2.28. The van der Waals surface area contributed by atoms with E-state index in [0.717, 1.165) is 0 Å². The average molecular weight is 261 g/mol. The predicted molar refractivity (Wildman–Crippen MR) is 67.5 cm³/mol. The first-order valence-corrected chi connectivity index (χ1v) is 5.74. The standard InChI is InChI=1S/C10H17ClN4O2/c1-7(16)5-12-3-4-13-8-6-14-15(2)10(17)9(8)11/h6-7,12-13,16H,3-5H2,1-2H3. The zero-order chi connectivity index (χ0) is 12.8. The topological polar surface area (TPSA) is 79.2 Å². The third kappa shape index (κ3) is 4.33. The number of aliphatic hydroxyl groups is 1. The molecule has 6 nitrogen and oxygen atoms in total. The van der Waals surface area contributed by atoms with Crippen LogP contribution in [0, 0.1) is 0 Å². The van der Waals surface area contributed by atoms with E-state index in [9.17, 15) is 4.79 Å². The van der Waals surface area contributed by atoms with Crippen LogP contribution >= 0.6 is 11.6 Å². The van der Waals surface area contributed by atoms with Gasteiger partial charge in [-0.3, -0.25) is 4.79 Å². The summed E-state index contributed by atoms with van der Waals surface area (Å²) in [6, 6.07) is 0. The number of hydrogen-bond donors (Lipinski definition) is 3. The van der Waals surface area contributed by atoms with Crippen molar-refractivity contribution < 1.29 is 5.11 Å². The van der Waals surface area contributed by atoms with Crippen molar-refractivity contribution in [2.45, 2.75) is 13.0 Å². The summed E-state index contributed by atoms with van der Waals surface area (Å²) < 4.78 is 1.18. The second-order valence-electron chi connectivity index (χ2n) is 3.78. The molecule has 0 aliphatic rings. The lowest BCUT2D eigenvalue weighted by Crippen LogP contribution is -2.29. The molecule has 1 unspecified atom stereocenters. The van der Waals surface area contributed by atoms with Crippen LogP contribution in [0.3, 0.4) is 0 Å². The van der Waals surface area contributed by atoms with Gasteiger partial charge in [0.15, 0.2) is 0 Å². The van der Waals surface area contributed by atoms with Crippen molar-refractivity contribution in [3.05, 3.63) is 21.6 Å². The molecule has 0 fully saturated rings. The SMILES string of the molecule is CC(O)CNCCNc1cnn(C)c(=O)c1Cl. The largest absolute Gasteiger partial charge is 0.392 e. The van der Waals surface area contributed by atoms with Gasteiger partial charge in [-0.1, -0.05) is 11.6 Å². The molecule has 17 heavy (non-hydrogen) atoms.